The van der Waals surface area contributed by atoms with Gasteiger partial charge in [0.05, 0.1) is 24.9 Å². The fourth-order valence-corrected chi connectivity index (χ4v) is 8.52. The van der Waals surface area contributed by atoms with E-state index in [0.717, 1.165) is 44.9 Å². The van der Waals surface area contributed by atoms with Gasteiger partial charge in [0, 0.05) is 16.8 Å². The number of amides is 1. The van der Waals surface area contributed by atoms with Crippen molar-refractivity contribution in [3.8, 4) is 0 Å². The monoisotopic (exact) mass is 499 g/mol. The van der Waals surface area contributed by atoms with Crippen molar-refractivity contribution in [2.45, 2.75) is 83.8 Å². The van der Waals surface area contributed by atoms with Gasteiger partial charge in [-0.25, -0.2) is 4.79 Å². The number of carbonyl (C=O) groups excluding carboxylic acids is 1. The second-order valence-electron chi connectivity index (χ2n) is 11.8. The molecule has 5 nitrogen and oxygen atoms in total. The van der Waals surface area contributed by atoms with Crippen molar-refractivity contribution in [2.24, 2.45) is 22.7 Å². The summed E-state index contributed by atoms with van der Waals surface area (Å²) in [6.45, 7) is 7.71. The molecule has 5 rings (SSSR count). The summed E-state index contributed by atoms with van der Waals surface area (Å²) in [4.78, 5) is 15.9. The summed E-state index contributed by atoms with van der Waals surface area (Å²) >= 11 is 1.70. The quantitative estimate of drug-likeness (QED) is 0.525. The smallest absolute Gasteiger partial charge is 0.409 e. The number of aliphatic hydroxyl groups excluding tert-OH is 1. The predicted molar refractivity (Wildman–Crippen MR) is 139 cm³/mol. The van der Waals surface area contributed by atoms with Crippen LogP contribution in [0.3, 0.4) is 0 Å². The summed E-state index contributed by atoms with van der Waals surface area (Å²) in [5.74, 6) is 0.824. The Morgan fingerprint density at radius 1 is 1.17 bits per heavy atom. The molecule has 35 heavy (non-hydrogen) atoms. The number of allylic oxidation sites excluding steroid dienone is 3. The van der Waals surface area contributed by atoms with Crippen LogP contribution in [0.1, 0.15) is 70.6 Å². The van der Waals surface area contributed by atoms with E-state index in [2.05, 4.69) is 37.4 Å². The Balaban J connectivity index is 1.38. The molecule has 4 aliphatic carbocycles. The van der Waals surface area contributed by atoms with E-state index in [9.17, 15) is 15.0 Å². The zero-order valence-electron chi connectivity index (χ0n) is 21.5. The lowest BCUT2D eigenvalue weighted by atomic mass is 9.50. The van der Waals surface area contributed by atoms with Crippen LogP contribution in [0, 0.1) is 22.7 Å². The summed E-state index contributed by atoms with van der Waals surface area (Å²) in [7, 11) is 0. The van der Waals surface area contributed by atoms with Gasteiger partial charge in [-0.15, -0.1) is 11.3 Å². The molecule has 6 atom stereocenters. The molecule has 0 spiro atoms. The molecule has 1 aromatic heterocycles. The lowest BCUT2D eigenvalue weighted by Crippen LogP contribution is -2.57. The van der Waals surface area contributed by atoms with E-state index in [-0.39, 0.29) is 23.0 Å². The molecule has 1 heterocycles. The Morgan fingerprint density at radius 3 is 2.71 bits per heavy atom. The van der Waals surface area contributed by atoms with E-state index < -0.39 is 5.60 Å². The van der Waals surface area contributed by atoms with Crippen molar-refractivity contribution < 1.29 is 19.7 Å². The highest BCUT2D eigenvalue weighted by Crippen LogP contribution is 2.66. The number of hydrogen-bond acceptors (Lipinski definition) is 5. The molecule has 0 bridgehead atoms. The van der Waals surface area contributed by atoms with Crippen molar-refractivity contribution in [3.05, 3.63) is 45.7 Å². The molecule has 2 N–H and O–H groups in total. The van der Waals surface area contributed by atoms with Crippen LogP contribution in [0.2, 0.25) is 0 Å². The van der Waals surface area contributed by atoms with Gasteiger partial charge in [-0.2, -0.15) is 0 Å². The number of ether oxygens (including phenoxy) is 1. The fraction of sp³-hybridized carbons (Fsp3) is 0.690. The van der Waals surface area contributed by atoms with Crippen LogP contribution < -0.4 is 0 Å². The molecule has 1 amide bonds. The van der Waals surface area contributed by atoms with Crippen LogP contribution in [0.4, 0.5) is 4.79 Å². The minimum atomic E-state index is -0.931. The van der Waals surface area contributed by atoms with E-state index in [0.29, 0.717) is 38.0 Å². The van der Waals surface area contributed by atoms with E-state index in [1.807, 2.05) is 13.0 Å². The number of nitrogens with zero attached hydrogens (tertiary/aromatic N) is 1. The first-order valence-electron chi connectivity index (χ1n) is 13.5. The van der Waals surface area contributed by atoms with Crippen LogP contribution in [-0.2, 0) is 11.2 Å². The minimum Gasteiger partial charge on any atom is -0.450 e. The lowest BCUT2D eigenvalue weighted by Gasteiger charge is -2.56. The maximum absolute atomic E-state index is 12.9. The molecule has 0 aliphatic heterocycles. The largest absolute Gasteiger partial charge is 0.450 e. The predicted octanol–water partition coefficient (Wildman–Crippen LogP) is 5.72. The standard InChI is InChI=1S/C29H41NO4S/c1-4-34-26(32)30(16-12-22-6-5-17-35-22)19-29(33)15-11-25-23-8-7-20-18-21(31)9-13-27(20,2)24(23)10-14-28(25,29)3/h5-8,17,21,24-25,31,33H,4,9-16,18-19H2,1-3H3. The molecule has 1 aromatic rings. The highest BCUT2D eigenvalue weighted by atomic mass is 32.1. The molecule has 3 saturated carbocycles. The zero-order valence-corrected chi connectivity index (χ0v) is 22.3. The van der Waals surface area contributed by atoms with E-state index in [1.54, 1.807) is 16.2 Å². The third kappa shape index (κ3) is 4.19. The molecule has 0 radical (unpaired) electrons. The van der Waals surface area contributed by atoms with E-state index >= 15 is 0 Å². The second kappa shape index (κ2) is 9.35. The first kappa shape index (κ1) is 25.0. The van der Waals surface area contributed by atoms with E-state index in [4.69, 9.17) is 4.74 Å². The van der Waals surface area contributed by atoms with Crippen LogP contribution in [0.25, 0.3) is 0 Å². The van der Waals surface area contributed by atoms with Crippen molar-refractivity contribution in [1.29, 1.82) is 0 Å². The topological polar surface area (TPSA) is 70.0 Å². The van der Waals surface area contributed by atoms with E-state index in [1.165, 1.54) is 16.0 Å². The number of aliphatic hydroxyl groups is 2. The maximum atomic E-state index is 12.9. The molecule has 192 valence electrons. The summed E-state index contributed by atoms with van der Waals surface area (Å²) in [6, 6.07) is 4.13. The van der Waals surface area contributed by atoms with Crippen molar-refractivity contribution in [2.75, 3.05) is 19.7 Å². The molecular weight excluding hydrogens is 458 g/mol. The van der Waals surface area contributed by atoms with Gasteiger partial charge < -0.3 is 19.8 Å². The Morgan fingerprint density at radius 2 is 1.97 bits per heavy atom. The van der Waals surface area contributed by atoms with Crippen LogP contribution in [0.15, 0.2) is 40.8 Å². The molecule has 6 unspecified atom stereocenters. The maximum Gasteiger partial charge on any atom is 0.409 e. The first-order valence-corrected chi connectivity index (χ1v) is 14.3. The number of fused-ring (bicyclic) bond motifs is 5. The van der Waals surface area contributed by atoms with Gasteiger partial charge in [-0.3, -0.25) is 0 Å². The molecule has 0 saturated heterocycles. The molecule has 4 aliphatic rings. The van der Waals surface area contributed by atoms with Gasteiger partial charge in [0.25, 0.3) is 0 Å². The zero-order chi connectivity index (χ0) is 24.8. The number of carbonyl (C=O) groups is 1. The SMILES string of the molecule is CCOC(=O)N(CCc1cccs1)CC1(O)CCC2C3=CC=C4CC(O)CCC4(C)C3CCC21C. The van der Waals surface area contributed by atoms with Crippen LogP contribution in [0.5, 0.6) is 0 Å². The lowest BCUT2D eigenvalue weighted by molar-refractivity contribution is -0.0992. The number of thiophene rings is 1. The van der Waals surface area contributed by atoms with Gasteiger partial charge in [0.15, 0.2) is 0 Å². The second-order valence-corrected chi connectivity index (χ2v) is 12.8. The Labute approximate surface area is 213 Å². The minimum absolute atomic E-state index is 0.128. The Bertz CT molecular complexity index is 1000. The van der Waals surface area contributed by atoms with Crippen LogP contribution >= 0.6 is 11.3 Å². The average molecular weight is 500 g/mol. The number of rotatable bonds is 6. The Kier molecular flexibility index (Phi) is 6.69. The summed E-state index contributed by atoms with van der Waals surface area (Å²) in [5.41, 5.74) is 1.84. The van der Waals surface area contributed by atoms with Crippen molar-refractivity contribution in [1.82, 2.24) is 4.90 Å². The normalized spacial score (nSPS) is 38.0. The molecule has 3 fully saturated rings. The third-order valence-electron chi connectivity index (χ3n) is 10.1. The van der Waals surface area contributed by atoms with Crippen molar-refractivity contribution in [3.63, 3.8) is 0 Å². The molecule has 6 heteroatoms. The Hall–Kier alpha value is -1.63. The van der Waals surface area contributed by atoms with Gasteiger partial charge in [0.1, 0.15) is 0 Å². The molecular formula is C29H41NO4S. The summed E-state index contributed by atoms with van der Waals surface area (Å²) < 4.78 is 5.40. The highest BCUT2D eigenvalue weighted by Gasteiger charge is 2.62. The highest BCUT2D eigenvalue weighted by molar-refractivity contribution is 7.09. The van der Waals surface area contributed by atoms with Gasteiger partial charge in [-0.05, 0) is 87.0 Å². The number of hydrogen-bond donors (Lipinski definition) is 2. The van der Waals surface area contributed by atoms with Gasteiger partial charge in [-0.1, -0.05) is 43.2 Å². The average Bonchev–Trinajstić information content (AvgIpc) is 3.43. The van der Waals surface area contributed by atoms with Crippen molar-refractivity contribution >= 4 is 17.4 Å². The third-order valence-corrected chi connectivity index (χ3v) is 11.0. The summed E-state index contributed by atoms with van der Waals surface area (Å²) in [6.07, 6.45) is 11.2. The van der Waals surface area contributed by atoms with Gasteiger partial charge in [0.2, 0.25) is 0 Å². The summed E-state index contributed by atoms with van der Waals surface area (Å²) in [5, 5.41) is 24.5. The van der Waals surface area contributed by atoms with Gasteiger partial charge >= 0.3 is 6.09 Å². The molecule has 0 aromatic carbocycles. The first-order chi connectivity index (χ1) is 16.7. The fourth-order valence-electron chi connectivity index (χ4n) is 7.82. The van der Waals surface area contributed by atoms with Crippen LogP contribution in [-0.4, -0.2) is 52.6 Å².